The van der Waals surface area contributed by atoms with Crippen molar-refractivity contribution in [2.45, 2.75) is 0 Å². The van der Waals surface area contributed by atoms with Crippen LogP contribution in [0.2, 0.25) is 0 Å². The number of nitrogens with two attached hydrogens (primary N) is 2. The van der Waals surface area contributed by atoms with Gasteiger partial charge in [-0.05, 0) is 11.5 Å². The first-order valence-electron chi connectivity index (χ1n) is 3.92. The second kappa shape index (κ2) is 2.92. The Labute approximate surface area is 84.7 Å². The summed E-state index contributed by atoms with van der Waals surface area (Å²) in [5.41, 5.74) is 12.8. The maximum atomic E-state index is 5.84. The molecule has 2 nitrogen and oxygen atoms in total. The largest absolute Gasteiger partial charge is 0.397 e. The predicted molar refractivity (Wildman–Crippen MR) is 60.5 cm³/mol. The molecule has 2 rings (SSSR count). The van der Waals surface area contributed by atoms with Gasteiger partial charge in [0.15, 0.2) is 0 Å². The van der Waals surface area contributed by atoms with E-state index in [4.69, 9.17) is 11.5 Å². The monoisotopic (exact) mass is 236 g/mol. The number of hydrogen-bond acceptors (Lipinski definition) is 2. The summed E-state index contributed by atoms with van der Waals surface area (Å²) in [6.07, 6.45) is 0. The quantitative estimate of drug-likeness (QED) is 0.692. The van der Waals surface area contributed by atoms with Gasteiger partial charge in [-0.15, -0.1) is 0 Å². The van der Waals surface area contributed by atoms with Gasteiger partial charge < -0.3 is 11.5 Å². The van der Waals surface area contributed by atoms with Crippen LogP contribution in [0, 0.1) is 0 Å². The lowest BCUT2D eigenvalue weighted by Crippen LogP contribution is -1.95. The molecular formula is C10H9BrN2. The number of halogens is 1. The second-order valence-corrected chi connectivity index (χ2v) is 3.76. The molecule has 0 saturated heterocycles. The van der Waals surface area contributed by atoms with Crippen LogP contribution < -0.4 is 11.5 Å². The third-order valence-corrected chi connectivity index (χ3v) is 2.72. The second-order valence-electron chi connectivity index (χ2n) is 2.91. The Bertz CT molecular complexity index is 466. The molecule has 0 saturated carbocycles. The van der Waals surface area contributed by atoms with Crippen LogP contribution in [0.25, 0.3) is 10.8 Å². The summed E-state index contributed by atoms with van der Waals surface area (Å²) in [4.78, 5) is 0. The number of anilines is 2. The molecule has 0 bridgehead atoms. The fourth-order valence-corrected chi connectivity index (χ4v) is 1.97. The van der Waals surface area contributed by atoms with Crippen molar-refractivity contribution in [1.29, 1.82) is 0 Å². The molecule has 0 aliphatic heterocycles. The van der Waals surface area contributed by atoms with E-state index < -0.39 is 0 Å². The van der Waals surface area contributed by atoms with Crippen LogP contribution in [0.15, 0.2) is 34.8 Å². The molecule has 3 heteroatoms. The maximum Gasteiger partial charge on any atom is 0.0628 e. The van der Waals surface area contributed by atoms with Crippen LogP contribution in [0.4, 0.5) is 11.4 Å². The average molecular weight is 237 g/mol. The van der Waals surface area contributed by atoms with Gasteiger partial charge in [0.25, 0.3) is 0 Å². The summed E-state index contributed by atoms with van der Waals surface area (Å²) < 4.78 is 0.981. The topological polar surface area (TPSA) is 52.0 Å². The van der Waals surface area contributed by atoms with Crippen LogP contribution in [0.3, 0.4) is 0 Å². The number of rotatable bonds is 0. The maximum absolute atomic E-state index is 5.84. The van der Waals surface area contributed by atoms with E-state index in [-0.39, 0.29) is 0 Å². The third-order valence-electron chi connectivity index (χ3n) is 2.07. The molecule has 0 aliphatic carbocycles. The Kier molecular flexibility index (Phi) is 1.88. The lowest BCUT2D eigenvalue weighted by molar-refractivity contribution is 1.67. The molecule has 0 heterocycles. The highest BCUT2D eigenvalue weighted by Gasteiger charge is 2.04. The molecule has 0 aromatic heterocycles. The molecule has 0 unspecified atom stereocenters. The average Bonchev–Trinajstić information content (AvgIpc) is 2.15. The van der Waals surface area contributed by atoms with Crippen molar-refractivity contribution < 1.29 is 0 Å². The Hall–Kier alpha value is -1.22. The van der Waals surface area contributed by atoms with Crippen molar-refractivity contribution in [3.8, 4) is 0 Å². The van der Waals surface area contributed by atoms with Crippen LogP contribution in [0.1, 0.15) is 0 Å². The molecule has 0 fully saturated rings. The number of nitrogen functional groups attached to an aromatic ring is 2. The van der Waals surface area contributed by atoms with Gasteiger partial charge in [0.2, 0.25) is 0 Å². The van der Waals surface area contributed by atoms with Crippen molar-refractivity contribution in [2.75, 3.05) is 11.5 Å². The van der Waals surface area contributed by atoms with Crippen LogP contribution in [-0.2, 0) is 0 Å². The minimum atomic E-state index is 0.616. The van der Waals surface area contributed by atoms with E-state index in [0.717, 1.165) is 15.2 Å². The summed E-state index contributed by atoms with van der Waals surface area (Å²) in [5.74, 6) is 0. The first-order chi connectivity index (χ1) is 6.20. The minimum Gasteiger partial charge on any atom is -0.397 e. The molecule has 0 amide bonds. The van der Waals surface area contributed by atoms with Crippen molar-refractivity contribution in [2.24, 2.45) is 0 Å². The van der Waals surface area contributed by atoms with Gasteiger partial charge >= 0.3 is 0 Å². The van der Waals surface area contributed by atoms with Crippen LogP contribution in [-0.4, -0.2) is 0 Å². The zero-order valence-electron chi connectivity index (χ0n) is 6.92. The molecule has 4 N–H and O–H groups in total. The molecule has 13 heavy (non-hydrogen) atoms. The van der Waals surface area contributed by atoms with Crippen molar-refractivity contribution in [3.63, 3.8) is 0 Å². The fraction of sp³-hybridized carbons (Fsp3) is 0. The highest BCUT2D eigenvalue weighted by atomic mass is 79.9. The van der Waals surface area contributed by atoms with Crippen LogP contribution >= 0.6 is 15.9 Å². The lowest BCUT2D eigenvalue weighted by atomic mass is 10.1. The highest BCUT2D eigenvalue weighted by Crippen LogP contribution is 2.32. The van der Waals surface area contributed by atoms with Crippen molar-refractivity contribution in [3.05, 3.63) is 34.8 Å². The Morgan fingerprint density at radius 2 is 1.62 bits per heavy atom. The van der Waals surface area contributed by atoms with Gasteiger partial charge in [0, 0.05) is 9.86 Å². The smallest absolute Gasteiger partial charge is 0.0628 e. The molecular weight excluding hydrogens is 228 g/mol. The summed E-state index contributed by atoms with van der Waals surface area (Å²) in [7, 11) is 0. The number of benzene rings is 2. The Balaban J connectivity index is 2.97. The SMILES string of the molecule is Nc1cc(Br)c2ccccc2c1N. The predicted octanol–water partition coefficient (Wildman–Crippen LogP) is 2.77. The normalized spacial score (nSPS) is 10.5. The molecule has 0 aliphatic rings. The minimum absolute atomic E-state index is 0.616. The van der Waals surface area contributed by atoms with E-state index in [0.29, 0.717) is 11.4 Å². The molecule has 2 aromatic carbocycles. The molecule has 66 valence electrons. The third kappa shape index (κ3) is 1.25. The van der Waals surface area contributed by atoms with Gasteiger partial charge in [0.05, 0.1) is 11.4 Å². The molecule has 0 radical (unpaired) electrons. The standard InChI is InChI=1S/C10H9BrN2/c11-8-5-9(12)10(13)7-4-2-1-3-6(7)8/h1-5H,12-13H2. The number of hydrogen-bond donors (Lipinski definition) is 2. The fourth-order valence-electron chi connectivity index (χ4n) is 1.37. The molecule has 2 aromatic rings. The van der Waals surface area contributed by atoms with E-state index >= 15 is 0 Å². The zero-order valence-corrected chi connectivity index (χ0v) is 8.51. The van der Waals surface area contributed by atoms with E-state index in [1.54, 1.807) is 0 Å². The molecule has 0 spiro atoms. The first kappa shape index (κ1) is 8.38. The molecule has 0 atom stereocenters. The highest BCUT2D eigenvalue weighted by molar-refractivity contribution is 9.10. The summed E-state index contributed by atoms with van der Waals surface area (Å²) in [6.45, 7) is 0. The Morgan fingerprint density at radius 1 is 1.00 bits per heavy atom. The number of fused-ring (bicyclic) bond motifs is 1. The van der Waals surface area contributed by atoms with Gasteiger partial charge in [0.1, 0.15) is 0 Å². The van der Waals surface area contributed by atoms with Crippen molar-refractivity contribution >= 4 is 38.1 Å². The van der Waals surface area contributed by atoms with Gasteiger partial charge in [-0.1, -0.05) is 40.2 Å². The summed E-state index contributed by atoms with van der Waals surface area (Å²) in [6, 6.07) is 9.73. The van der Waals surface area contributed by atoms with E-state index in [2.05, 4.69) is 15.9 Å². The summed E-state index contributed by atoms with van der Waals surface area (Å²) >= 11 is 3.45. The van der Waals surface area contributed by atoms with Crippen molar-refractivity contribution in [1.82, 2.24) is 0 Å². The van der Waals surface area contributed by atoms with E-state index in [9.17, 15) is 0 Å². The van der Waals surface area contributed by atoms with Gasteiger partial charge in [-0.2, -0.15) is 0 Å². The van der Waals surface area contributed by atoms with Gasteiger partial charge in [-0.25, -0.2) is 0 Å². The van der Waals surface area contributed by atoms with E-state index in [1.165, 1.54) is 0 Å². The van der Waals surface area contributed by atoms with Gasteiger partial charge in [-0.3, -0.25) is 0 Å². The van der Waals surface area contributed by atoms with E-state index in [1.807, 2.05) is 30.3 Å². The Morgan fingerprint density at radius 3 is 2.31 bits per heavy atom. The van der Waals surface area contributed by atoms with Crippen LogP contribution in [0.5, 0.6) is 0 Å². The zero-order chi connectivity index (χ0) is 9.42. The summed E-state index contributed by atoms with van der Waals surface area (Å²) in [5, 5.41) is 2.09. The lowest BCUT2D eigenvalue weighted by Gasteiger charge is -2.06. The first-order valence-corrected chi connectivity index (χ1v) is 4.71.